The molecule has 0 aliphatic carbocycles. The molecular weight excluding hydrogens is 160 g/mol. The van der Waals surface area contributed by atoms with Crippen LogP contribution in [0.5, 0.6) is 0 Å². The maximum atomic E-state index is 5.54. The Labute approximate surface area is 79.1 Å². The highest BCUT2D eigenvalue weighted by atomic mass is 14.9. The van der Waals surface area contributed by atoms with Gasteiger partial charge in [-0.25, -0.2) is 0 Å². The Hall–Kier alpha value is -0.860. The molecule has 0 fully saturated rings. The fourth-order valence-electron chi connectivity index (χ4n) is 1.93. The van der Waals surface area contributed by atoms with Gasteiger partial charge < -0.3 is 11.1 Å². The standard InChI is InChI=1S/C11H16N2/c12-6-5-11-7-9-3-1-2-4-10(9)8-13-11/h1-4,11,13H,5-8,12H2. The number of nitrogens with two attached hydrogens (primary N) is 1. The molecule has 13 heavy (non-hydrogen) atoms. The molecule has 2 heteroatoms. The normalized spacial score (nSPS) is 21.2. The van der Waals surface area contributed by atoms with Crippen molar-refractivity contribution >= 4 is 0 Å². The lowest BCUT2D eigenvalue weighted by molar-refractivity contribution is 0.457. The van der Waals surface area contributed by atoms with Crippen LogP contribution in [0.25, 0.3) is 0 Å². The summed E-state index contributed by atoms with van der Waals surface area (Å²) in [4.78, 5) is 0. The van der Waals surface area contributed by atoms with Crippen LogP contribution in [0.15, 0.2) is 24.3 Å². The van der Waals surface area contributed by atoms with Crippen molar-refractivity contribution in [3.05, 3.63) is 35.4 Å². The molecule has 0 bridgehead atoms. The first-order valence-electron chi connectivity index (χ1n) is 4.90. The van der Waals surface area contributed by atoms with Crippen LogP contribution in [0.3, 0.4) is 0 Å². The molecule has 0 radical (unpaired) electrons. The molecule has 1 heterocycles. The summed E-state index contributed by atoms with van der Waals surface area (Å²) in [5.41, 5.74) is 8.47. The quantitative estimate of drug-likeness (QED) is 0.707. The highest BCUT2D eigenvalue weighted by Gasteiger charge is 2.15. The second kappa shape index (κ2) is 3.90. The van der Waals surface area contributed by atoms with E-state index < -0.39 is 0 Å². The van der Waals surface area contributed by atoms with Gasteiger partial charge in [0, 0.05) is 12.6 Å². The molecule has 2 rings (SSSR count). The lowest BCUT2D eigenvalue weighted by Crippen LogP contribution is -2.36. The van der Waals surface area contributed by atoms with Gasteiger partial charge in [0.15, 0.2) is 0 Å². The Morgan fingerprint density at radius 2 is 2.08 bits per heavy atom. The average Bonchev–Trinajstić information content (AvgIpc) is 2.18. The predicted molar refractivity (Wildman–Crippen MR) is 54.4 cm³/mol. The van der Waals surface area contributed by atoms with Crippen LogP contribution in [-0.2, 0) is 13.0 Å². The summed E-state index contributed by atoms with van der Waals surface area (Å²) in [6, 6.07) is 9.22. The minimum absolute atomic E-state index is 0.583. The van der Waals surface area contributed by atoms with Crippen molar-refractivity contribution in [1.29, 1.82) is 0 Å². The second-order valence-corrected chi connectivity index (χ2v) is 3.63. The Balaban J connectivity index is 2.11. The van der Waals surface area contributed by atoms with Gasteiger partial charge in [0.05, 0.1) is 0 Å². The highest BCUT2D eigenvalue weighted by Crippen LogP contribution is 2.17. The zero-order valence-corrected chi connectivity index (χ0v) is 7.79. The molecule has 1 atom stereocenters. The van der Waals surface area contributed by atoms with Gasteiger partial charge >= 0.3 is 0 Å². The van der Waals surface area contributed by atoms with Crippen molar-refractivity contribution in [1.82, 2.24) is 5.32 Å². The first kappa shape index (κ1) is 8.73. The van der Waals surface area contributed by atoms with Crippen molar-refractivity contribution in [2.24, 2.45) is 5.73 Å². The number of fused-ring (bicyclic) bond motifs is 1. The Morgan fingerprint density at radius 1 is 1.31 bits per heavy atom. The highest BCUT2D eigenvalue weighted by molar-refractivity contribution is 5.29. The molecule has 0 saturated heterocycles. The third-order valence-corrected chi connectivity index (χ3v) is 2.68. The maximum absolute atomic E-state index is 5.54. The molecule has 1 aliphatic heterocycles. The largest absolute Gasteiger partial charge is 0.330 e. The molecule has 1 aliphatic rings. The van der Waals surface area contributed by atoms with E-state index in [1.54, 1.807) is 0 Å². The minimum atomic E-state index is 0.583. The van der Waals surface area contributed by atoms with E-state index in [-0.39, 0.29) is 0 Å². The third-order valence-electron chi connectivity index (χ3n) is 2.68. The van der Waals surface area contributed by atoms with E-state index in [1.807, 2.05) is 0 Å². The van der Waals surface area contributed by atoms with Crippen molar-refractivity contribution < 1.29 is 0 Å². The Bertz CT molecular complexity index is 283. The Kier molecular flexibility index (Phi) is 2.62. The van der Waals surface area contributed by atoms with Crippen molar-refractivity contribution in [3.63, 3.8) is 0 Å². The van der Waals surface area contributed by atoms with Crippen LogP contribution in [-0.4, -0.2) is 12.6 Å². The monoisotopic (exact) mass is 176 g/mol. The summed E-state index contributed by atoms with van der Waals surface area (Å²) >= 11 is 0. The van der Waals surface area contributed by atoms with Gasteiger partial charge in [-0.05, 0) is 30.5 Å². The van der Waals surface area contributed by atoms with Gasteiger partial charge in [-0.3, -0.25) is 0 Å². The van der Waals surface area contributed by atoms with E-state index in [2.05, 4.69) is 29.6 Å². The van der Waals surface area contributed by atoms with E-state index >= 15 is 0 Å². The van der Waals surface area contributed by atoms with Gasteiger partial charge in [0.1, 0.15) is 0 Å². The fraction of sp³-hybridized carbons (Fsp3) is 0.455. The van der Waals surface area contributed by atoms with Crippen molar-refractivity contribution in [3.8, 4) is 0 Å². The van der Waals surface area contributed by atoms with Crippen LogP contribution in [0.2, 0.25) is 0 Å². The van der Waals surface area contributed by atoms with E-state index in [4.69, 9.17) is 5.73 Å². The van der Waals surface area contributed by atoms with Crippen LogP contribution >= 0.6 is 0 Å². The summed E-state index contributed by atoms with van der Waals surface area (Å²) in [6.45, 7) is 1.78. The molecule has 0 aromatic heterocycles. The van der Waals surface area contributed by atoms with Crippen LogP contribution in [0, 0.1) is 0 Å². The van der Waals surface area contributed by atoms with E-state index in [0.29, 0.717) is 6.04 Å². The van der Waals surface area contributed by atoms with Gasteiger partial charge in [0.25, 0.3) is 0 Å². The zero-order valence-electron chi connectivity index (χ0n) is 7.79. The SMILES string of the molecule is NCCC1Cc2ccccc2CN1. The second-order valence-electron chi connectivity index (χ2n) is 3.63. The van der Waals surface area contributed by atoms with Crippen molar-refractivity contribution in [2.45, 2.75) is 25.4 Å². The van der Waals surface area contributed by atoms with E-state index in [0.717, 1.165) is 25.9 Å². The summed E-state index contributed by atoms with van der Waals surface area (Å²) < 4.78 is 0. The summed E-state index contributed by atoms with van der Waals surface area (Å²) in [5.74, 6) is 0. The average molecular weight is 176 g/mol. The molecule has 0 spiro atoms. The van der Waals surface area contributed by atoms with Crippen LogP contribution in [0.4, 0.5) is 0 Å². The lowest BCUT2D eigenvalue weighted by Gasteiger charge is -2.25. The molecule has 1 unspecified atom stereocenters. The van der Waals surface area contributed by atoms with Gasteiger partial charge in [-0.2, -0.15) is 0 Å². The maximum Gasteiger partial charge on any atom is 0.0210 e. The van der Waals surface area contributed by atoms with Gasteiger partial charge in [0.2, 0.25) is 0 Å². The molecular formula is C11H16N2. The van der Waals surface area contributed by atoms with Crippen LogP contribution in [0.1, 0.15) is 17.5 Å². The number of benzene rings is 1. The molecule has 0 amide bonds. The first-order valence-corrected chi connectivity index (χ1v) is 4.90. The summed E-state index contributed by atoms with van der Waals surface area (Å²) in [5, 5.41) is 3.50. The minimum Gasteiger partial charge on any atom is -0.330 e. The number of hydrogen-bond donors (Lipinski definition) is 2. The molecule has 70 valence electrons. The molecule has 1 aromatic carbocycles. The third kappa shape index (κ3) is 1.90. The lowest BCUT2D eigenvalue weighted by atomic mass is 9.94. The zero-order chi connectivity index (χ0) is 9.10. The smallest absolute Gasteiger partial charge is 0.0210 e. The summed E-state index contributed by atoms with van der Waals surface area (Å²) in [7, 11) is 0. The predicted octanol–water partition coefficient (Wildman–Crippen LogP) is 1.05. The summed E-state index contributed by atoms with van der Waals surface area (Å²) in [6.07, 6.45) is 2.21. The topological polar surface area (TPSA) is 38.0 Å². The fourth-order valence-corrected chi connectivity index (χ4v) is 1.93. The van der Waals surface area contributed by atoms with E-state index in [9.17, 15) is 0 Å². The van der Waals surface area contributed by atoms with Gasteiger partial charge in [-0.15, -0.1) is 0 Å². The first-order chi connectivity index (χ1) is 6.40. The number of rotatable bonds is 2. The molecule has 0 saturated carbocycles. The molecule has 2 nitrogen and oxygen atoms in total. The van der Waals surface area contributed by atoms with Gasteiger partial charge in [-0.1, -0.05) is 24.3 Å². The van der Waals surface area contributed by atoms with Crippen molar-refractivity contribution in [2.75, 3.05) is 6.54 Å². The Morgan fingerprint density at radius 3 is 2.85 bits per heavy atom. The van der Waals surface area contributed by atoms with E-state index in [1.165, 1.54) is 11.1 Å². The molecule has 1 aromatic rings. The molecule has 3 N–H and O–H groups in total. The number of nitrogens with one attached hydrogen (secondary N) is 1. The number of hydrogen-bond acceptors (Lipinski definition) is 2. The van der Waals surface area contributed by atoms with Crippen LogP contribution < -0.4 is 11.1 Å².